The van der Waals surface area contributed by atoms with E-state index in [4.69, 9.17) is 0 Å². The Balaban J connectivity index is 3.07. The average Bonchev–Trinajstić information content (AvgIpc) is 2.01. The van der Waals surface area contributed by atoms with E-state index < -0.39 is 6.61 Å². The minimum absolute atomic E-state index is 0.00986. The van der Waals surface area contributed by atoms with Crippen molar-refractivity contribution in [3.8, 4) is 5.75 Å². The van der Waals surface area contributed by atoms with Gasteiger partial charge in [0.15, 0.2) is 6.29 Å². The molecular weight excluding hydrogens is 326 g/mol. The predicted octanol–water partition coefficient (Wildman–Crippen LogP) is 3.63. The van der Waals surface area contributed by atoms with Gasteiger partial charge >= 0.3 is 6.61 Å². The van der Waals surface area contributed by atoms with E-state index >= 15 is 0 Å². The number of benzene rings is 1. The molecule has 0 unspecified atom stereocenters. The zero-order chi connectivity index (χ0) is 10.7. The van der Waals surface area contributed by atoms with Crippen LogP contribution in [0.4, 0.5) is 8.78 Å². The maximum atomic E-state index is 11.8. The Bertz CT molecular complexity index is 332. The molecule has 0 spiro atoms. The molecule has 0 saturated carbocycles. The summed E-state index contributed by atoms with van der Waals surface area (Å²) >= 11 is 6.12. The molecule has 2 nitrogen and oxygen atoms in total. The summed E-state index contributed by atoms with van der Waals surface area (Å²) in [5.41, 5.74) is 0.353. The number of aldehydes is 1. The smallest absolute Gasteiger partial charge is 0.387 e. The summed E-state index contributed by atoms with van der Waals surface area (Å²) < 4.78 is 28.7. The Morgan fingerprint density at radius 3 is 2.14 bits per heavy atom. The van der Waals surface area contributed by atoms with Crippen molar-refractivity contribution >= 4 is 38.1 Å². The monoisotopic (exact) mass is 328 g/mol. The van der Waals surface area contributed by atoms with Crippen molar-refractivity contribution in [2.24, 2.45) is 0 Å². The number of carbonyl (C=O) groups excluding carboxylic acids is 1. The van der Waals surface area contributed by atoms with Gasteiger partial charge in [0.25, 0.3) is 0 Å². The molecule has 0 aliphatic rings. The third kappa shape index (κ3) is 2.75. The highest BCUT2D eigenvalue weighted by Gasteiger charge is 2.10. The van der Waals surface area contributed by atoms with Crippen molar-refractivity contribution in [1.29, 1.82) is 0 Å². The Morgan fingerprint density at radius 2 is 1.79 bits per heavy atom. The normalized spacial score (nSPS) is 10.4. The molecule has 0 saturated heterocycles. The summed E-state index contributed by atoms with van der Waals surface area (Å²) in [5.74, 6) is -0.00986. The van der Waals surface area contributed by atoms with Crippen molar-refractivity contribution < 1.29 is 18.3 Å². The molecule has 0 aromatic heterocycles. The molecule has 0 N–H and O–H groups in total. The van der Waals surface area contributed by atoms with Crippen LogP contribution in [-0.4, -0.2) is 12.9 Å². The van der Waals surface area contributed by atoms with Crippen LogP contribution in [0.2, 0.25) is 0 Å². The maximum absolute atomic E-state index is 11.8. The third-order valence-corrected chi connectivity index (χ3v) is 2.71. The fourth-order valence-corrected chi connectivity index (χ4v) is 2.18. The summed E-state index contributed by atoms with van der Waals surface area (Å²) in [5, 5.41) is 0. The molecule has 0 fully saturated rings. The molecule has 1 aromatic rings. The highest BCUT2D eigenvalue weighted by Crippen LogP contribution is 2.30. The molecule has 76 valence electrons. The summed E-state index contributed by atoms with van der Waals surface area (Å²) in [6.45, 7) is -2.88. The zero-order valence-corrected chi connectivity index (χ0v) is 9.81. The molecule has 1 rings (SSSR count). The number of hydrogen-bond donors (Lipinski definition) is 0. The number of halogens is 4. The summed E-state index contributed by atoms with van der Waals surface area (Å²) in [7, 11) is 0. The van der Waals surface area contributed by atoms with Gasteiger partial charge in [0.05, 0.1) is 0 Å². The molecule has 0 aliphatic carbocycles. The van der Waals surface area contributed by atoms with E-state index in [-0.39, 0.29) is 5.75 Å². The predicted molar refractivity (Wildman–Crippen MR) is 53.9 cm³/mol. The van der Waals surface area contributed by atoms with Gasteiger partial charge in [-0.05, 0) is 44.0 Å². The second-order valence-electron chi connectivity index (χ2n) is 2.30. The van der Waals surface area contributed by atoms with E-state index in [1.165, 1.54) is 12.1 Å². The molecule has 0 atom stereocenters. The van der Waals surface area contributed by atoms with Gasteiger partial charge in [0.1, 0.15) is 5.75 Å². The lowest BCUT2D eigenvalue weighted by Crippen LogP contribution is -2.02. The van der Waals surface area contributed by atoms with Crippen LogP contribution in [-0.2, 0) is 0 Å². The van der Waals surface area contributed by atoms with E-state index in [1.807, 2.05) is 0 Å². The number of rotatable bonds is 3. The first kappa shape index (κ1) is 11.6. The zero-order valence-electron chi connectivity index (χ0n) is 6.64. The van der Waals surface area contributed by atoms with Gasteiger partial charge in [-0.1, -0.05) is 0 Å². The number of hydrogen-bond acceptors (Lipinski definition) is 2. The molecule has 6 heteroatoms. The van der Waals surface area contributed by atoms with Crippen molar-refractivity contribution in [3.63, 3.8) is 0 Å². The minimum Gasteiger partial charge on any atom is -0.435 e. The molecule has 1 aromatic carbocycles. The molecule has 0 bridgehead atoms. The van der Waals surface area contributed by atoms with Gasteiger partial charge in [-0.3, -0.25) is 4.79 Å². The highest BCUT2D eigenvalue weighted by atomic mass is 79.9. The van der Waals surface area contributed by atoms with Crippen LogP contribution < -0.4 is 4.74 Å². The quantitative estimate of drug-likeness (QED) is 0.792. The SMILES string of the molecule is O=Cc1c(Br)cc(OC(F)F)cc1Br. The van der Waals surface area contributed by atoms with E-state index in [1.54, 1.807) is 0 Å². The maximum Gasteiger partial charge on any atom is 0.387 e. The lowest BCUT2D eigenvalue weighted by molar-refractivity contribution is -0.0499. The first-order valence-electron chi connectivity index (χ1n) is 3.43. The van der Waals surface area contributed by atoms with Gasteiger partial charge in [-0.15, -0.1) is 0 Å². The summed E-state index contributed by atoms with van der Waals surface area (Å²) in [6, 6.07) is 2.61. The van der Waals surface area contributed by atoms with Crippen molar-refractivity contribution in [2.45, 2.75) is 6.61 Å². The van der Waals surface area contributed by atoms with Crippen LogP contribution in [0.3, 0.4) is 0 Å². The second-order valence-corrected chi connectivity index (χ2v) is 4.01. The van der Waals surface area contributed by atoms with E-state index in [0.717, 1.165) is 0 Å². The lowest BCUT2D eigenvalue weighted by Gasteiger charge is -2.07. The first-order chi connectivity index (χ1) is 6.54. The Morgan fingerprint density at radius 1 is 1.29 bits per heavy atom. The van der Waals surface area contributed by atoms with Crippen LogP contribution in [0.25, 0.3) is 0 Å². The number of ether oxygens (including phenoxy) is 1. The van der Waals surface area contributed by atoms with E-state index in [2.05, 4.69) is 36.6 Å². The number of alkyl halides is 2. The number of carbonyl (C=O) groups is 1. The molecule has 0 heterocycles. The van der Waals surface area contributed by atoms with Crippen LogP contribution in [0, 0.1) is 0 Å². The van der Waals surface area contributed by atoms with Crippen LogP contribution in [0.5, 0.6) is 5.75 Å². The molecule has 0 amide bonds. The largest absolute Gasteiger partial charge is 0.435 e. The second kappa shape index (κ2) is 4.84. The summed E-state index contributed by atoms with van der Waals surface area (Å²) in [4.78, 5) is 10.5. The van der Waals surface area contributed by atoms with Gasteiger partial charge in [0, 0.05) is 14.5 Å². The Labute approximate surface area is 95.5 Å². The van der Waals surface area contributed by atoms with Crippen molar-refractivity contribution in [1.82, 2.24) is 0 Å². The average molecular weight is 330 g/mol. The van der Waals surface area contributed by atoms with E-state index in [9.17, 15) is 13.6 Å². The van der Waals surface area contributed by atoms with Crippen LogP contribution in [0.1, 0.15) is 10.4 Å². The van der Waals surface area contributed by atoms with Crippen LogP contribution in [0.15, 0.2) is 21.1 Å². The van der Waals surface area contributed by atoms with Gasteiger partial charge < -0.3 is 4.74 Å². The van der Waals surface area contributed by atoms with E-state index in [0.29, 0.717) is 20.8 Å². The molecule has 0 aliphatic heterocycles. The fourth-order valence-electron chi connectivity index (χ4n) is 0.845. The Hall–Kier alpha value is -0.490. The van der Waals surface area contributed by atoms with Crippen molar-refractivity contribution in [3.05, 3.63) is 26.6 Å². The first-order valence-corrected chi connectivity index (χ1v) is 5.02. The molecule has 14 heavy (non-hydrogen) atoms. The fraction of sp³-hybridized carbons (Fsp3) is 0.125. The topological polar surface area (TPSA) is 26.3 Å². The Kier molecular flexibility index (Phi) is 4.00. The lowest BCUT2D eigenvalue weighted by atomic mass is 10.2. The van der Waals surface area contributed by atoms with Gasteiger partial charge in [-0.25, -0.2) is 0 Å². The van der Waals surface area contributed by atoms with Crippen LogP contribution >= 0.6 is 31.9 Å². The molecular formula is C8H4Br2F2O2. The minimum atomic E-state index is -2.88. The summed E-state index contributed by atoms with van der Waals surface area (Å²) in [6.07, 6.45) is 0.611. The third-order valence-electron chi connectivity index (χ3n) is 1.40. The van der Waals surface area contributed by atoms with Crippen molar-refractivity contribution in [2.75, 3.05) is 0 Å². The standard InChI is InChI=1S/C8H4Br2F2O2/c9-6-1-4(14-8(11)12)2-7(10)5(6)3-13/h1-3,8H. The van der Waals surface area contributed by atoms with Gasteiger partial charge in [-0.2, -0.15) is 8.78 Å². The van der Waals surface area contributed by atoms with Gasteiger partial charge in [0.2, 0.25) is 0 Å². The highest BCUT2D eigenvalue weighted by molar-refractivity contribution is 9.11. The molecule has 0 radical (unpaired) electrons.